The summed E-state index contributed by atoms with van der Waals surface area (Å²) in [7, 11) is 0. The van der Waals surface area contributed by atoms with Gasteiger partial charge in [0.15, 0.2) is 5.78 Å². The van der Waals surface area contributed by atoms with E-state index in [1.807, 2.05) is 0 Å². The molecule has 2 aliphatic carbocycles. The van der Waals surface area contributed by atoms with Crippen LogP contribution in [-0.2, 0) is 4.79 Å². The Morgan fingerprint density at radius 2 is 1.62 bits per heavy atom. The van der Waals surface area contributed by atoms with E-state index in [0.29, 0.717) is 12.2 Å². The number of benzene rings is 1. The Morgan fingerprint density at radius 3 is 2.48 bits per heavy atom. The molecule has 1 aromatic rings. The molecule has 1 atom stereocenters. The van der Waals surface area contributed by atoms with E-state index in [2.05, 4.69) is 35.6 Å². The summed E-state index contributed by atoms with van der Waals surface area (Å²) in [6, 6.07) is 10.6. The average molecular weight is 279 g/mol. The highest BCUT2D eigenvalue weighted by Gasteiger charge is 2.36. The Bertz CT molecular complexity index is 639. The number of ketones is 1. The molecule has 1 unspecified atom stereocenters. The molecule has 21 heavy (non-hydrogen) atoms. The zero-order chi connectivity index (χ0) is 14.2. The second-order valence-corrected chi connectivity index (χ2v) is 6.35. The van der Waals surface area contributed by atoms with Crippen LogP contribution in [0.4, 0.5) is 0 Å². The number of carbonyl (C=O) groups is 1. The molecule has 1 aliphatic heterocycles. The second-order valence-electron chi connectivity index (χ2n) is 6.35. The molecule has 0 bridgehead atoms. The molecule has 0 amide bonds. The third-order valence-electron chi connectivity index (χ3n) is 5.04. The van der Waals surface area contributed by atoms with E-state index in [0.717, 1.165) is 31.3 Å². The number of dihydropyridines is 1. The minimum Gasteiger partial charge on any atom is -0.362 e. The summed E-state index contributed by atoms with van der Waals surface area (Å²) in [6.07, 6.45) is 7.53. The molecule has 0 spiro atoms. The van der Waals surface area contributed by atoms with Gasteiger partial charge in [0.1, 0.15) is 0 Å². The maximum Gasteiger partial charge on any atom is 0.161 e. The first-order valence-corrected chi connectivity index (χ1v) is 8.15. The van der Waals surface area contributed by atoms with Crippen LogP contribution in [0.5, 0.6) is 0 Å². The molecular formula is C19H21NO. The Hall–Kier alpha value is -1.83. The van der Waals surface area contributed by atoms with Crippen molar-refractivity contribution in [3.8, 4) is 0 Å². The molecule has 4 rings (SSSR count). The van der Waals surface area contributed by atoms with Crippen LogP contribution in [0.25, 0.3) is 0 Å². The molecule has 2 heteroatoms. The van der Waals surface area contributed by atoms with E-state index < -0.39 is 0 Å². The molecule has 1 heterocycles. The summed E-state index contributed by atoms with van der Waals surface area (Å²) in [4.78, 5) is 12.6. The van der Waals surface area contributed by atoms with Gasteiger partial charge in [-0.15, -0.1) is 0 Å². The smallest absolute Gasteiger partial charge is 0.161 e. The molecule has 0 radical (unpaired) electrons. The monoisotopic (exact) mass is 279 g/mol. The van der Waals surface area contributed by atoms with E-state index in [4.69, 9.17) is 0 Å². The molecule has 0 saturated carbocycles. The fraction of sp³-hybridized carbons (Fsp3) is 0.421. The molecule has 0 fully saturated rings. The first-order valence-electron chi connectivity index (χ1n) is 8.15. The fourth-order valence-corrected chi connectivity index (χ4v) is 4.09. The lowest BCUT2D eigenvalue weighted by Gasteiger charge is -2.38. The number of hydrogen-bond donors (Lipinski definition) is 1. The average Bonchev–Trinajstić information content (AvgIpc) is 2.54. The third kappa shape index (κ3) is 2.14. The standard InChI is InChI=1S/C19H21NO/c21-17-12-6-11-16-19(17)18(13-7-2-1-3-8-13)14-9-4-5-10-15(14)20-16/h1-3,7-8,18,20H,4-6,9-12H2. The van der Waals surface area contributed by atoms with Crippen LogP contribution < -0.4 is 5.32 Å². The van der Waals surface area contributed by atoms with E-state index in [1.165, 1.54) is 35.4 Å². The summed E-state index contributed by atoms with van der Waals surface area (Å²) in [5, 5.41) is 3.63. The van der Waals surface area contributed by atoms with Crippen molar-refractivity contribution < 1.29 is 4.79 Å². The fourth-order valence-electron chi connectivity index (χ4n) is 4.09. The highest BCUT2D eigenvalue weighted by atomic mass is 16.1. The lowest BCUT2D eigenvalue weighted by atomic mass is 9.72. The molecule has 108 valence electrons. The Morgan fingerprint density at radius 1 is 0.857 bits per heavy atom. The first-order chi connectivity index (χ1) is 10.3. The van der Waals surface area contributed by atoms with E-state index in [9.17, 15) is 4.79 Å². The Balaban J connectivity index is 1.87. The number of Topliss-reactive ketones (excluding diaryl/α,β-unsaturated/α-hetero) is 1. The number of hydrogen-bond acceptors (Lipinski definition) is 2. The van der Waals surface area contributed by atoms with Crippen LogP contribution in [0, 0.1) is 0 Å². The summed E-state index contributed by atoms with van der Waals surface area (Å²) in [5.74, 6) is 0.570. The van der Waals surface area contributed by atoms with Crippen molar-refractivity contribution in [2.24, 2.45) is 0 Å². The van der Waals surface area contributed by atoms with Crippen LogP contribution in [0.3, 0.4) is 0 Å². The van der Waals surface area contributed by atoms with Crippen molar-refractivity contribution in [3.05, 3.63) is 58.4 Å². The van der Waals surface area contributed by atoms with Crippen molar-refractivity contribution in [3.63, 3.8) is 0 Å². The zero-order valence-corrected chi connectivity index (χ0v) is 12.3. The lowest BCUT2D eigenvalue weighted by molar-refractivity contribution is -0.116. The van der Waals surface area contributed by atoms with Gasteiger partial charge >= 0.3 is 0 Å². The predicted octanol–water partition coefficient (Wildman–Crippen LogP) is 4.21. The summed E-state index contributed by atoms with van der Waals surface area (Å²) < 4.78 is 0. The first kappa shape index (κ1) is 12.9. The molecule has 0 saturated heterocycles. The maximum atomic E-state index is 12.6. The minimum absolute atomic E-state index is 0.213. The Kier molecular flexibility index (Phi) is 3.17. The van der Waals surface area contributed by atoms with Crippen molar-refractivity contribution in [1.29, 1.82) is 0 Å². The van der Waals surface area contributed by atoms with Gasteiger partial charge in [0.2, 0.25) is 0 Å². The van der Waals surface area contributed by atoms with Crippen molar-refractivity contribution in [2.75, 3.05) is 0 Å². The largest absolute Gasteiger partial charge is 0.362 e. The van der Waals surface area contributed by atoms with Crippen molar-refractivity contribution in [2.45, 2.75) is 50.9 Å². The maximum absolute atomic E-state index is 12.6. The second kappa shape index (κ2) is 5.18. The van der Waals surface area contributed by atoms with Gasteiger partial charge < -0.3 is 5.32 Å². The Labute approximate surface area is 125 Å². The topological polar surface area (TPSA) is 29.1 Å². The highest BCUT2D eigenvalue weighted by molar-refractivity contribution is 5.99. The van der Waals surface area contributed by atoms with E-state index >= 15 is 0 Å². The van der Waals surface area contributed by atoms with Crippen LogP contribution in [0.1, 0.15) is 56.4 Å². The van der Waals surface area contributed by atoms with Gasteiger partial charge in [-0.1, -0.05) is 30.3 Å². The van der Waals surface area contributed by atoms with Crippen LogP contribution in [-0.4, -0.2) is 5.78 Å². The number of carbonyl (C=O) groups excluding carboxylic acids is 1. The molecule has 1 aromatic carbocycles. The van der Waals surface area contributed by atoms with Crippen LogP contribution >= 0.6 is 0 Å². The molecular weight excluding hydrogens is 258 g/mol. The summed E-state index contributed by atoms with van der Waals surface area (Å²) in [6.45, 7) is 0. The SMILES string of the molecule is O=C1CCCC2=C1C(c1ccccc1)C1=C(CCCC1)N2. The van der Waals surface area contributed by atoms with Gasteiger partial charge in [0.25, 0.3) is 0 Å². The minimum atomic E-state index is 0.213. The third-order valence-corrected chi connectivity index (χ3v) is 5.04. The quantitative estimate of drug-likeness (QED) is 0.834. The van der Waals surface area contributed by atoms with Crippen LogP contribution in [0.15, 0.2) is 52.9 Å². The van der Waals surface area contributed by atoms with Crippen molar-refractivity contribution >= 4 is 5.78 Å². The van der Waals surface area contributed by atoms with Gasteiger partial charge in [-0.05, 0) is 49.7 Å². The number of allylic oxidation sites excluding steroid dienone is 4. The molecule has 2 nitrogen and oxygen atoms in total. The van der Waals surface area contributed by atoms with Gasteiger partial charge in [0.05, 0.1) is 0 Å². The van der Waals surface area contributed by atoms with Gasteiger partial charge in [-0.25, -0.2) is 0 Å². The van der Waals surface area contributed by atoms with Gasteiger partial charge in [0, 0.05) is 29.3 Å². The number of nitrogens with one attached hydrogen (secondary N) is 1. The summed E-state index contributed by atoms with van der Waals surface area (Å²) >= 11 is 0. The molecule has 0 aromatic heterocycles. The number of rotatable bonds is 1. The predicted molar refractivity (Wildman–Crippen MR) is 83.7 cm³/mol. The van der Waals surface area contributed by atoms with Gasteiger partial charge in [-0.2, -0.15) is 0 Å². The van der Waals surface area contributed by atoms with E-state index in [-0.39, 0.29) is 5.92 Å². The van der Waals surface area contributed by atoms with Crippen LogP contribution in [0.2, 0.25) is 0 Å². The van der Waals surface area contributed by atoms with E-state index in [1.54, 1.807) is 0 Å². The van der Waals surface area contributed by atoms with Crippen molar-refractivity contribution in [1.82, 2.24) is 5.32 Å². The lowest BCUT2D eigenvalue weighted by Crippen LogP contribution is -2.33. The molecule has 3 aliphatic rings. The normalized spacial score (nSPS) is 25.3. The van der Waals surface area contributed by atoms with Gasteiger partial charge in [-0.3, -0.25) is 4.79 Å². The zero-order valence-electron chi connectivity index (χ0n) is 12.3. The highest BCUT2D eigenvalue weighted by Crippen LogP contribution is 2.45. The summed E-state index contributed by atoms with van der Waals surface area (Å²) in [5.41, 5.74) is 6.44. The molecule has 1 N–H and O–H groups in total.